The highest BCUT2D eigenvalue weighted by molar-refractivity contribution is 6.47. The monoisotopic (exact) mass is 314 g/mol. The Hall–Kier alpha value is -1.58. The topological polar surface area (TPSA) is 29.5 Å². The van der Waals surface area contributed by atoms with Gasteiger partial charge in [0.15, 0.2) is 9.76 Å². The lowest BCUT2D eigenvalue weighted by Crippen LogP contribution is -2.23. The first-order valence-corrected chi connectivity index (χ1v) is 9.34. The molecule has 0 bridgehead atoms. The van der Waals surface area contributed by atoms with E-state index in [1.165, 1.54) is 16.3 Å². The summed E-state index contributed by atoms with van der Waals surface area (Å²) in [6.45, 7) is 7.20. The molecule has 2 nitrogen and oxygen atoms in total. The lowest BCUT2D eigenvalue weighted by Gasteiger charge is -2.14. The molecule has 2 rings (SSSR count). The Bertz CT molecular complexity index is 608. The molecule has 0 heterocycles. The molecule has 0 saturated carbocycles. The number of benzene rings is 2. The Morgan fingerprint density at radius 1 is 1.09 bits per heavy atom. The molecule has 0 aliphatic carbocycles. The van der Waals surface area contributed by atoms with Crippen molar-refractivity contribution in [2.24, 2.45) is 5.92 Å². The maximum atomic E-state index is 9.78. The number of phenols is 1. The van der Waals surface area contributed by atoms with Crippen LogP contribution < -0.4 is 5.19 Å². The van der Waals surface area contributed by atoms with Gasteiger partial charge in [0.25, 0.3) is 0 Å². The summed E-state index contributed by atoms with van der Waals surface area (Å²) in [5.41, 5.74) is 3.71. The third-order valence-corrected chi connectivity index (χ3v) is 5.22. The molecular weight excluding hydrogens is 288 g/mol. The van der Waals surface area contributed by atoms with Gasteiger partial charge in [-0.05, 0) is 41.1 Å². The molecule has 0 aromatic heterocycles. The van der Waals surface area contributed by atoms with Crippen LogP contribution in [0.2, 0.25) is 0 Å². The summed E-state index contributed by atoms with van der Waals surface area (Å²) in [4.78, 5) is 0. The molecule has 3 heteroatoms. The second kappa shape index (κ2) is 8.16. The number of aryl methyl sites for hydroxylation is 1. The molecule has 0 fully saturated rings. The Labute approximate surface area is 136 Å². The molecule has 118 valence electrons. The summed E-state index contributed by atoms with van der Waals surface area (Å²) in [6.07, 6.45) is 2.18. The van der Waals surface area contributed by atoms with Crippen LogP contribution in [0.4, 0.5) is 0 Å². The Morgan fingerprint density at radius 3 is 2.55 bits per heavy atom. The first-order chi connectivity index (χ1) is 10.6. The van der Waals surface area contributed by atoms with E-state index in [9.17, 15) is 5.11 Å². The molecule has 0 amide bonds. The average molecular weight is 315 g/mol. The van der Waals surface area contributed by atoms with Crippen molar-refractivity contribution in [3.05, 3.63) is 59.2 Å². The summed E-state index contributed by atoms with van der Waals surface area (Å²) in [5.74, 6) is 0.971. The van der Waals surface area contributed by atoms with Crippen molar-refractivity contribution in [3.63, 3.8) is 0 Å². The molecule has 0 unspecified atom stereocenters. The van der Waals surface area contributed by atoms with E-state index in [4.69, 9.17) is 4.43 Å². The third kappa shape index (κ3) is 4.72. The summed E-state index contributed by atoms with van der Waals surface area (Å²) < 4.78 is 5.96. The van der Waals surface area contributed by atoms with Crippen molar-refractivity contribution in [3.8, 4) is 5.75 Å². The summed E-state index contributed by atoms with van der Waals surface area (Å²) in [7, 11) is -0.778. The van der Waals surface area contributed by atoms with E-state index in [1.54, 1.807) is 6.07 Å². The number of hydrogen-bond acceptors (Lipinski definition) is 2. The van der Waals surface area contributed by atoms with Gasteiger partial charge in [-0.1, -0.05) is 57.2 Å². The van der Waals surface area contributed by atoms with Crippen molar-refractivity contribution in [1.29, 1.82) is 0 Å². The fraction of sp³-hybridized carbons (Fsp3) is 0.368. The highest BCUT2D eigenvalue weighted by atomic mass is 28.2. The Balaban J connectivity index is 2.04. The molecule has 2 aromatic carbocycles. The highest BCUT2D eigenvalue weighted by Crippen LogP contribution is 2.16. The van der Waals surface area contributed by atoms with E-state index in [2.05, 4.69) is 39.0 Å². The van der Waals surface area contributed by atoms with Gasteiger partial charge in [-0.25, -0.2) is 0 Å². The minimum absolute atomic E-state index is 0.320. The summed E-state index contributed by atoms with van der Waals surface area (Å²) >= 11 is 0. The lowest BCUT2D eigenvalue weighted by atomic mass is 10.00. The highest BCUT2D eigenvalue weighted by Gasteiger charge is 2.08. The van der Waals surface area contributed by atoms with Crippen molar-refractivity contribution in [2.45, 2.75) is 40.2 Å². The van der Waals surface area contributed by atoms with Crippen LogP contribution in [0.3, 0.4) is 0 Å². The van der Waals surface area contributed by atoms with Crippen molar-refractivity contribution < 1.29 is 9.53 Å². The molecule has 0 atom stereocenters. The fourth-order valence-electron chi connectivity index (χ4n) is 2.57. The van der Waals surface area contributed by atoms with Gasteiger partial charge < -0.3 is 9.53 Å². The van der Waals surface area contributed by atoms with Gasteiger partial charge in [-0.3, -0.25) is 0 Å². The van der Waals surface area contributed by atoms with Gasteiger partial charge in [0.05, 0.1) is 6.61 Å². The average Bonchev–Trinajstić information content (AvgIpc) is 2.50. The first-order valence-electron chi connectivity index (χ1n) is 8.05. The lowest BCUT2D eigenvalue weighted by molar-refractivity contribution is 0.321. The second-order valence-electron chi connectivity index (χ2n) is 6.18. The summed E-state index contributed by atoms with van der Waals surface area (Å²) in [5, 5.41) is 11.2. The van der Waals surface area contributed by atoms with E-state index in [0.717, 1.165) is 18.4 Å². The van der Waals surface area contributed by atoms with Crippen LogP contribution in [0.1, 0.15) is 37.5 Å². The van der Waals surface area contributed by atoms with E-state index < -0.39 is 9.76 Å². The van der Waals surface area contributed by atoms with Gasteiger partial charge in [0.2, 0.25) is 0 Å². The maximum Gasteiger partial charge on any atom is 0.193 e. The molecular formula is C19H26O2Si. The van der Waals surface area contributed by atoms with Crippen molar-refractivity contribution >= 4 is 14.9 Å². The van der Waals surface area contributed by atoms with Crippen molar-refractivity contribution in [1.82, 2.24) is 0 Å². The smallest absolute Gasteiger partial charge is 0.193 e. The van der Waals surface area contributed by atoms with Crippen LogP contribution in [-0.4, -0.2) is 14.9 Å². The van der Waals surface area contributed by atoms with Crippen LogP contribution >= 0.6 is 0 Å². The predicted molar refractivity (Wildman–Crippen MR) is 95.4 cm³/mol. The van der Waals surface area contributed by atoms with Gasteiger partial charge in [0, 0.05) is 5.56 Å². The van der Waals surface area contributed by atoms with Gasteiger partial charge in [0.1, 0.15) is 5.75 Å². The number of hydrogen-bond donors (Lipinski definition) is 1. The minimum atomic E-state index is -0.778. The minimum Gasteiger partial charge on any atom is -0.508 e. The van der Waals surface area contributed by atoms with Gasteiger partial charge in [-0.15, -0.1) is 0 Å². The molecule has 1 N–H and O–H groups in total. The zero-order chi connectivity index (χ0) is 15.9. The predicted octanol–water partition coefficient (Wildman–Crippen LogP) is 3.08. The molecule has 2 aromatic rings. The zero-order valence-electron chi connectivity index (χ0n) is 13.8. The standard InChI is InChI=1S/C19H26O2Si/c1-4-15-9-10-19(17(12-15)11-14(2)3)22-21-13-16-7-5-6-8-18(16)20/h5-10,12,14,20H,4,11,13,22H2,1-3H3. The molecule has 0 aliphatic heterocycles. The van der Waals surface area contributed by atoms with Crippen molar-refractivity contribution in [2.75, 3.05) is 0 Å². The van der Waals surface area contributed by atoms with Crippen LogP contribution in [0.5, 0.6) is 5.75 Å². The quantitative estimate of drug-likeness (QED) is 0.796. The van der Waals surface area contributed by atoms with Crippen LogP contribution in [-0.2, 0) is 23.9 Å². The number of phenolic OH excluding ortho intramolecular Hbond substituents is 1. The van der Waals surface area contributed by atoms with E-state index in [1.807, 2.05) is 18.2 Å². The third-order valence-electron chi connectivity index (χ3n) is 3.81. The largest absolute Gasteiger partial charge is 0.508 e. The molecule has 0 radical (unpaired) electrons. The van der Waals surface area contributed by atoms with Gasteiger partial charge in [-0.2, -0.15) is 0 Å². The normalized spacial score (nSPS) is 11.6. The van der Waals surface area contributed by atoms with Gasteiger partial charge >= 0.3 is 0 Å². The Morgan fingerprint density at radius 2 is 1.86 bits per heavy atom. The number of para-hydroxylation sites is 1. The second-order valence-corrected chi connectivity index (χ2v) is 7.63. The van der Waals surface area contributed by atoms with E-state index in [0.29, 0.717) is 18.3 Å². The maximum absolute atomic E-state index is 9.78. The number of rotatable bonds is 7. The van der Waals surface area contributed by atoms with E-state index in [-0.39, 0.29) is 0 Å². The number of aromatic hydroxyl groups is 1. The Kier molecular flexibility index (Phi) is 6.22. The molecule has 0 aliphatic rings. The van der Waals surface area contributed by atoms with Crippen LogP contribution in [0.15, 0.2) is 42.5 Å². The molecule has 22 heavy (non-hydrogen) atoms. The van der Waals surface area contributed by atoms with Crippen LogP contribution in [0, 0.1) is 5.92 Å². The molecule has 0 spiro atoms. The fourth-order valence-corrected chi connectivity index (χ4v) is 3.76. The zero-order valence-corrected chi connectivity index (χ0v) is 15.2. The molecule has 0 saturated heterocycles. The summed E-state index contributed by atoms with van der Waals surface area (Å²) in [6, 6.07) is 14.2. The van der Waals surface area contributed by atoms with Crippen LogP contribution in [0.25, 0.3) is 0 Å². The van der Waals surface area contributed by atoms with E-state index >= 15 is 0 Å². The SMILES string of the molecule is CCc1ccc([SiH2]OCc2ccccc2O)c(CC(C)C)c1. The first kappa shape index (κ1) is 16.8.